The Morgan fingerprint density at radius 2 is 1.42 bits per heavy atom. The molecule has 3 aromatic carbocycles. The third kappa shape index (κ3) is 6.11. The van der Waals surface area contributed by atoms with Crippen LogP contribution in [0.25, 0.3) is 0 Å². The third-order valence-corrected chi connectivity index (χ3v) is 6.32. The highest BCUT2D eigenvalue weighted by Crippen LogP contribution is 2.32. The fourth-order valence-electron chi connectivity index (χ4n) is 3.13. The minimum atomic E-state index is -4.06. The lowest BCUT2D eigenvalue weighted by Gasteiger charge is -2.26. The molecule has 0 heterocycles. The van der Waals surface area contributed by atoms with E-state index >= 15 is 0 Å². The first-order valence-electron chi connectivity index (χ1n) is 10.3. The summed E-state index contributed by atoms with van der Waals surface area (Å²) < 4.78 is 33.6. The summed E-state index contributed by atoms with van der Waals surface area (Å²) >= 11 is 0. The van der Waals surface area contributed by atoms with Gasteiger partial charge in [-0.05, 0) is 55.5 Å². The number of anilines is 3. The largest absolute Gasteiger partial charge is 0.492 e. The Kier molecular flexibility index (Phi) is 7.68. The number of nitrogens with zero attached hydrogens (tertiary/aromatic N) is 1. The van der Waals surface area contributed by atoms with Crippen LogP contribution in [0.2, 0.25) is 0 Å². The normalized spacial score (nSPS) is 10.8. The monoisotopic (exact) mass is 467 g/mol. The number of hydrogen-bond donors (Lipinski definition) is 2. The van der Waals surface area contributed by atoms with Crippen molar-refractivity contribution in [1.29, 1.82) is 0 Å². The van der Waals surface area contributed by atoms with Gasteiger partial charge in [0.2, 0.25) is 11.8 Å². The van der Waals surface area contributed by atoms with Gasteiger partial charge in [-0.3, -0.25) is 13.9 Å². The predicted molar refractivity (Wildman–Crippen MR) is 128 cm³/mol. The highest BCUT2D eigenvalue weighted by atomic mass is 32.2. The molecule has 3 aromatic rings. The molecule has 0 saturated heterocycles. The van der Waals surface area contributed by atoms with Crippen molar-refractivity contribution >= 4 is 38.9 Å². The molecule has 0 aliphatic carbocycles. The molecular formula is C24H25N3O5S. The number of para-hydroxylation sites is 2. The van der Waals surface area contributed by atoms with Crippen LogP contribution in [0.4, 0.5) is 17.1 Å². The van der Waals surface area contributed by atoms with Crippen LogP contribution in [0.1, 0.15) is 13.8 Å². The van der Waals surface area contributed by atoms with E-state index in [4.69, 9.17) is 4.74 Å². The van der Waals surface area contributed by atoms with Crippen LogP contribution in [-0.2, 0) is 19.6 Å². The zero-order valence-electron chi connectivity index (χ0n) is 18.3. The molecule has 8 nitrogen and oxygen atoms in total. The van der Waals surface area contributed by atoms with Crippen LogP contribution in [0, 0.1) is 0 Å². The van der Waals surface area contributed by atoms with Crippen LogP contribution in [-0.4, -0.2) is 33.4 Å². The molecule has 33 heavy (non-hydrogen) atoms. The molecule has 0 spiro atoms. The van der Waals surface area contributed by atoms with Crippen molar-refractivity contribution in [3.63, 3.8) is 0 Å². The topological polar surface area (TPSA) is 105 Å². The second-order valence-electron chi connectivity index (χ2n) is 7.03. The first-order chi connectivity index (χ1) is 15.8. The summed E-state index contributed by atoms with van der Waals surface area (Å²) in [7, 11) is -4.06. The molecule has 0 bridgehead atoms. The average molecular weight is 468 g/mol. The first-order valence-corrected chi connectivity index (χ1v) is 11.7. The maximum absolute atomic E-state index is 13.5. The average Bonchev–Trinajstić information content (AvgIpc) is 2.80. The number of carbonyl (C=O) groups is 2. The van der Waals surface area contributed by atoms with Gasteiger partial charge < -0.3 is 15.4 Å². The lowest BCUT2D eigenvalue weighted by atomic mass is 10.2. The van der Waals surface area contributed by atoms with Gasteiger partial charge in [-0.1, -0.05) is 30.3 Å². The van der Waals surface area contributed by atoms with Crippen molar-refractivity contribution in [3.05, 3.63) is 78.9 Å². The Morgan fingerprint density at radius 1 is 0.848 bits per heavy atom. The maximum Gasteiger partial charge on any atom is 0.264 e. The highest BCUT2D eigenvalue weighted by Gasteiger charge is 2.29. The molecule has 2 N–H and O–H groups in total. The van der Waals surface area contributed by atoms with Crippen molar-refractivity contribution in [3.8, 4) is 5.75 Å². The summed E-state index contributed by atoms with van der Waals surface area (Å²) in [5, 5.41) is 5.34. The SMILES string of the molecule is CCOc1ccccc1N(CC(=O)Nc1ccc(NC(C)=O)cc1)S(=O)(=O)c1ccccc1. The molecular weight excluding hydrogens is 442 g/mol. The van der Waals surface area contributed by atoms with Crippen LogP contribution in [0.5, 0.6) is 5.75 Å². The molecule has 2 amide bonds. The zero-order chi connectivity index (χ0) is 23.8. The number of nitrogens with one attached hydrogen (secondary N) is 2. The summed E-state index contributed by atoms with van der Waals surface area (Å²) in [6.07, 6.45) is 0. The van der Waals surface area contributed by atoms with Gasteiger partial charge >= 0.3 is 0 Å². The van der Waals surface area contributed by atoms with Crippen LogP contribution in [0.15, 0.2) is 83.8 Å². The molecule has 0 aliphatic rings. The van der Waals surface area contributed by atoms with Crippen molar-refractivity contribution in [2.75, 3.05) is 28.1 Å². The molecule has 0 unspecified atom stereocenters. The smallest absolute Gasteiger partial charge is 0.264 e. The van der Waals surface area contributed by atoms with E-state index in [0.29, 0.717) is 23.7 Å². The van der Waals surface area contributed by atoms with Crippen LogP contribution in [0.3, 0.4) is 0 Å². The van der Waals surface area contributed by atoms with Crippen molar-refractivity contribution in [2.24, 2.45) is 0 Å². The van der Waals surface area contributed by atoms with E-state index < -0.39 is 22.5 Å². The van der Waals surface area contributed by atoms with Gasteiger partial charge in [0.25, 0.3) is 10.0 Å². The van der Waals surface area contributed by atoms with Crippen molar-refractivity contribution in [2.45, 2.75) is 18.7 Å². The minimum Gasteiger partial charge on any atom is -0.492 e. The molecule has 0 atom stereocenters. The van der Waals surface area contributed by atoms with E-state index in [2.05, 4.69) is 10.6 Å². The number of carbonyl (C=O) groups excluding carboxylic acids is 2. The number of ether oxygens (including phenoxy) is 1. The van der Waals surface area contributed by atoms with Gasteiger partial charge in [0.05, 0.1) is 17.2 Å². The van der Waals surface area contributed by atoms with Crippen LogP contribution >= 0.6 is 0 Å². The Balaban J connectivity index is 1.90. The fraction of sp³-hybridized carbons (Fsp3) is 0.167. The van der Waals surface area contributed by atoms with Gasteiger partial charge in [0, 0.05) is 18.3 Å². The van der Waals surface area contributed by atoms with E-state index in [9.17, 15) is 18.0 Å². The highest BCUT2D eigenvalue weighted by molar-refractivity contribution is 7.92. The van der Waals surface area contributed by atoms with E-state index in [1.807, 2.05) is 0 Å². The van der Waals surface area contributed by atoms with E-state index in [0.717, 1.165) is 4.31 Å². The number of sulfonamides is 1. The molecule has 9 heteroatoms. The van der Waals surface area contributed by atoms with Gasteiger partial charge in [-0.15, -0.1) is 0 Å². The zero-order valence-corrected chi connectivity index (χ0v) is 19.1. The second-order valence-corrected chi connectivity index (χ2v) is 8.89. The summed E-state index contributed by atoms with van der Waals surface area (Å²) in [5.74, 6) is -0.387. The number of rotatable bonds is 9. The van der Waals surface area contributed by atoms with E-state index in [1.54, 1.807) is 73.7 Å². The lowest BCUT2D eigenvalue weighted by Crippen LogP contribution is -2.38. The van der Waals surface area contributed by atoms with Gasteiger partial charge in [-0.25, -0.2) is 8.42 Å². The second kappa shape index (κ2) is 10.6. The van der Waals surface area contributed by atoms with Gasteiger partial charge in [0.1, 0.15) is 12.3 Å². The van der Waals surface area contributed by atoms with Gasteiger partial charge in [0.15, 0.2) is 0 Å². The standard InChI is InChI=1S/C24H25N3O5S/c1-3-32-23-12-8-7-11-22(23)27(33(30,31)21-9-5-4-6-10-21)17-24(29)26-20-15-13-19(14-16-20)25-18(2)28/h4-16H,3,17H2,1-2H3,(H,25,28)(H,26,29). The maximum atomic E-state index is 13.5. The van der Waals surface area contributed by atoms with Crippen molar-refractivity contribution in [1.82, 2.24) is 0 Å². The van der Waals surface area contributed by atoms with Crippen molar-refractivity contribution < 1.29 is 22.7 Å². The number of hydrogen-bond acceptors (Lipinski definition) is 5. The Labute approximate surface area is 193 Å². The molecule has 0 aliphatic heterocycles. The Bertz CT molecular complexity index is 1210. The summed E-state index contributed by atoms with van der Waals surface area (Å²) in [4.78, 5) is 24.1. The van der Waals surface area contributed by atoms with Gasteiger partial charge in [-0.2, -0.15) is 0 Å². The Morgan fingerprint density at radius 3 is 2.03 bits per heavy atom. The molecule has 3 rings (SSSR count). The summed E-state index contributed by atoms with van der Waals surface area (Å²) in [6, 6.07) is 21.1. The first kappa shape index (κ1) is 23.8. The predicted octanol–water partition coefficient (Wildman–Crippen LogP) is 3.88. The molecule has 0 fully saturated rings. The molecule has 0 radical (unpaired) electrons. The molecule has 0 aromatic heterocycles. The lowest BCUT2D eigenvalue weighted by molar-refractivity contribution is -0.115. The molecule has 0 saturated carbocycles. The fourth-order valence-corrected chi connectivity index (χ4v) is 4.58. The van der Waals surface area contributed by atoms with E-state index in [1.165, 1.54) is 19.1 Å². The van der Waals surface area contributed by atoms with E-state index in [-0.39, 0.29) is 16.5 Å². The minimum absolute atomic E-state index is 0.0590. The summed E-state index contributed by atoms with van der Waals surface area (Å²) in [5.41, 5.74) is 1.31. The van der Waals surface area contributed by atoms with Crippen LogP contribution < -0.4 is 19.7 Å². The Hall–Kier alpha value is -3.85. The quantitative estimate of drug-likeness (QED) is 0.497. The number of amides is 2. The molecule has 172 valence electrons. The summed E-state index contributed by atoms with van der Waals surface area (Å²) in [6.45, 7) is 3.07. The third-order valence-electron chi connectivity index (χ3n) is 4.54. The number of benzene rings is 3.